The topological polar surface area (TPSA) is 91.6 Å². The monoisotopic (exact) mass is 455 g/mol. The minimum Gasteiger partial charge on any atom is -0.396 e. The predicted octanol–water partition coefficient (Wildman–Crippen LogP) is 2.29. The lowest BCUT2D eigenvalue weighted by Crippen LogP contribution is -2.51. The van der Waals surface area contributed by atoms with Gasteiger partial charge in [-0.1, -0.05) is 11.6 Å². The van der Waals surface area contributed by atoms with E-state index in [9.17, 15) is 18.4 Å². The number of alkyl halides is 2. The van der Waals surface area contributed by atoms with Gasteiger partial charge >= 0.3 is 0 Å². The lowest BCUT2D eigenvalue weighted by atomic mass is 9.82. The van der Waals surface area contributed by atoms with Crippen molar-refractivity contribution in [3.63, 3.8) is 0 Å². The van der Waals surface area contributed by atoms with Crippen molar-refractivity contribution in [1.29, 1.82) is 0 Å². The summed E-state index contributed by atoms with van der Waals surface area (Å²) in [5.41, 5.74) is 7.09. The van der Waals surface area contributed by atoms with Gasteiger partial charge in [-0.05, 0) is 36.3 Å². The van der Waals surface area contributed by atoms with Gasteiger partial charge in [0.25, 0.3) is 0 Å². The summed E-state index contributed by atoms with van der Waals surface area (Å²) in [7, 11) is 0. The molecule has 0 bridgehead atoms. The second-order valence-electron chi connectivity index (χ2n) is 9.02. The molecule has 0 aromatic carbocycles. The first-order chi connectivity index (χ1) is 14.7. The lowest BCUT2D eigenvalue weighted by molar-refractivity contribution is -0.135. The van der Waals surface area contributed by atoms with Gasteiger partial charge in [-0.2, -0.15) is 0 Å². The molecule has 1 aromatic rings. The number of nitrogens with zero attached hydrogens (tertiary/aromatic N) is 3. The van der Waals surface area contributed by atoms with Crippen molar-refractivity contribution in [3.05, 3.63) is 23.0 Å². The molecule has 1 aliphatic heterocycles. The van der Waals surface area contributed by atoms with Crippen LogP contribution in [0.5, 0.6) is 0 Å². The molecule has 1 saturated heterocycles. The Labute approximate surface area is 185 Å². The minimum atomic E-state index is -2.59. The number of carbonyl (C=O) groups is 2. The molecule has 0 radical (unpaired) electrons. The van der Waals surface area contributed by atoms with E-state index in [-0.39, 0.29) is 42.5 Å². The zero-order chi connectivity index (χ0) is 22.2. The van der Waals surface area contributed by atoms with Gasteiger partial charge in [0.05, 0.1) is 12.2 Å². The Kier molecular flexibility index (Phi) is 6.09. The first kappa shape index (κ1) is 22.2. The fourth-order valence-electron chi connectivity index (χ4n) is 4.80. The summed E-state index contributed by atoms with van der Waals surface area (Å²) in [5.74, 6) is -3.12. The van der Waals surface area contributed by atoms with E-state index in [4.69, 9.17) is 17.3 Å². The molecule has 2 aliphatic carbocycles. The predicted molar refractivity (Wildman–Crippen MR) is 112 cm³/mol. The number of carbonyl (C=O) groups excluding carboxylic acids is 2. The number of pyridine rings is 1. The molecule has 3 N–H and O–H groups in total. The van der Waals surface area contributed by atoms with Crippen molar-refractivity contribution in [2.45, 2.75) is 44.6 Å². The van der Waals surface area contributed by atoms with E-state index >= 15 is 0 Å². The van der Waals surface area contributed by atoms with Gasteiger partial charge in [0.1, 0.15) is 0 Å². The molecule has 2 amide bonds. The number of piperazine rings is 1. The average molecular weight is 456 g/mol. The molecule has 1 unspecified atom stereocenters. The van der Waals surface area contributed by atoms with E-state index < -0.39 is 5.92 Å². The van der Waals surface area contributed by atoms with Gasteiger partial charge in [0.2, 0.25) is 17.7 Å². The van der Waals surface area contributed by atoms with Crippen LogP contribution in [0.3, 0.4) is 0 Å². The Hall–Kier alpha value is -2.00. The number of anilines is 1. The maximum atomic E-state index is 13.4. The fraction of sp³-hybridized carbons (Fsp3) is 0.667. The summed E-state index contributed by atoms with van der Waals surface area (Å²) >= 11 is 5.97. The van der Waals surface area contributed by atoms with Crippen LogP contribution in [0, 0.1) is 11.3 Å². The molecular weight excluding hydrogens is 428 g/mol. The summed E-state index contributed by atoms with van der Waals surface area (Å²) in [4.78, 5) is 32.8. The SMILES string of the molecule is Nc1c(CN2CCN(C(=O)CNC(=O)C3CC34CCC(F)(F)CC4)CC2)ccnc1Cl. The summed E-state index contributed by atoms with van der Waals surface area (Å²) in [6, 6.07) is 1.84. The number of amides is 2. The van der Waals surface area contributed by atoms with Crippen LogP contribution >= 0.6 is 11.6 Å². The third kappa shape index (κ3) is 4.92. The smallest absolute Gasteiger partial charge is 0.248 e. The summed E-state index contributed by atoms with van der Waals surface area (Å²) in [6.07, 6.45) is 2.78. The molecule has 1 spiro atoms. The zero-order valence-corrected chi connectivity index (χ0v) is 18.1. The number of nitrogens with one attached hydrogen (secondary N) is 1. The maximum absolute atomic E-state index is 13.4. The Morgan fingerprint density at radius 1 is 1.19 bits per heavy atom. The lowest BCUT2D eigenvalue weighted by Gasteiger charge is -2.35. The number of hydrogen-bond donors (Lipinski definition) is 2. The highest BCUT2D eigenvalue weighted by molar-refractivity contribution is 6.31. The maximum Gasteiger partial charge on any atom is 0.248 e. The average Bonchev–Trinajstić information content (AvgIpc) is 3.47. The van der Waals surface area contributed by atoms with Gasteiger partial charge in [-0.25, -0.2) is 13.8 Å². The van der Waals surface area contributed by atoms with Crippen molar-refractivity contribution in [2.75, 3.05) is 38.5 Å². The van der Waals surface area contributed by atoms with Crippen LogP contribution in [0.4, 0.5) is 14.5 Å². The summed E-state index contributed by atoms with van der Waals surface area (Å²) in [5, 5.41) is 3.02. The molecule has 10 heteroatoms. The zero-order valence-electron chi connectivity index (χ0n) is 17.4. The van der Waals surface area contributed by atoms with Crippen molar-refractivity contribution >= 4 is 29.1 Å². The van der Waals surface area contributed by atoms with Gasteiger partial charge in [-0.15, -0.1) is 0 Å². The molecular formula is C21H28ClF2N5O2. The van der Waals surface area contributed by atoms with E-state index in [1.165, 1.54) is 0 Å². The van der Waals surface area contributed by atoms with E-state index in [1.54, 1.807) is 11.1 Å². The molecule has 3 aliphatic rings. The highest BCUT2D eigenvalue weighted by Crippen LogP contribution is 2.63. The van der Waals surface area contributed by atoms with Gasteiger partial charge < -0.3 is 16.0 Å². The fourth-order valence-corrected chi connectivity index (χ4v) is 4.98. The Balaban J connectivity index is 1.19. The highest BCUT2D eigenvalue weighted by Gasteiger charge is 2.60. The molecule has 7 nitrogen and oxygen atoms in total. The largest absolute Gasteiger partial charge is 0.396 e. The van der Waals surface area contributed by atoms with E-state index in [0.29, 0.717) is 62.8 Å². The van der Waals surface area contributed by atoms with Gasteiger partial charge in [-0.3, -0.25) is 14.5 Å². The summed E-state index contributed by atoms with van der Waals surface area (Å²) in [6.45, 7) is 3.11. The Morgan fingerprint density at radius 3 is 2.55 bits per heavy atom. The van der Waals surface area contributed by atoms with Crippen molar-refractivity contribution in [1.82, 2.24) is 20.1 Å². The van der Waals surface area contributed by atoms with Crippen molar-refractivity contribution in [2.24, 2.45) is 11.3 Å². The highest BCUT2D eigenvalue weighted by atomic mass is 35.5. The van der Waals surface area contributed by atoms with Crippen LogP contribution in [0.25, 0.3) is 0 Å². The van der Waals surface area contributed by atoms with Crippen LogP contribution < -0.4 is 11.1 Å². The van der Waals surface area contributed by atoms with Crippen LogP contribution in [0.15, 0.2) is 12.3 Å². The molecule has 1 aromatic heterocycles. The second kappa shape index (κ2) is 8.50. The number of nitrogens with two attached hydrogens (primary N) is 1. The first-order valence-electron chi connectivity index (χ1n) is 10.7. The first-order valence-corrected chi connectivity index (χ1v) is 11.1. The number of rotatable bonds is 5. The number of hydrogen-bond acceptors (Lipinski definition) is 5. The van der Waals surface area contributed by atoms with Crippen LogP contribution in [0.1, 0.15) is 37.7 Å². The molecule has 1 atom stereocenters. The number of nitrogen functional groups attached to an aromatic ring is 1. The third-order valence-electron chi connectivity index (χ3n) is 7.05. The van der Waals surface area contributed by atoms with Crippen molar-refractivity contribution < 1.29 is 18.4 Å². The molecule has 31 heavy (non-hydrogen) atoms. The number of halogens is 3. The van der Waals surface area contributed by atoms with Gasteiger partial charge in [0, 0.05) is 57.7 Å². The molecule has 3 fully saturated rings. The standard InChI is InChI=1S/C21H28ClF2N5O2/c22-18-17(25)14(1-6-26-18)13-28-7-9-29(10-8-28)16(30)12-27-19(31)15-11-20(15)2-4-21(23,24)5-3-20/h1,6,15H,2-5,7-13,25H2,(H,27,31). The summed E-state index contributed by atoms with van der Waals surface area (Å²) < 4.78 is 26.8. The van der Waals surface area contributed by atoms with Crippen molar-refractivity contribution in [3.8, 4) is 0 Å². The van der Waals surface area contributed by atoms with Crippen LogP contribution in [0.2, 0.25) is 5.15 Å². The molecule has 2 heterocycles. The van der Waals surface area contributed by atoms with E-state index in [0.717, 1.165) is 5.56 Å². The normalized spacial score (nSPS) is 24.7. The quantitative estimate of drug-likeness (QED) is 0.665. The minimum absolute atomic E-state index is 0.0471. The Bertz CT molecular complexity index is 850. The van der Waals surface area contributed by atoms with Crippen LogP contribution in [-0.4, -0.2) is 65.2 Å². The molecule has 2 saturated carbocycles. The molecule has 170 valence electrons. The second-order valence-corrected chi connectivity index (χ2v) is 9.38. The Morgan fingerprint density at radius 2 is 1.87 bits per heavy atom. The van der Waals surface area contributed by atoms with E-state index in [2.05, 4.69) is 15.2 Å². The number of aromatic nitrogens is 1. The van der Waals surface area contributed by atoms with Gasteiger partial charge in [0.15, 0.2) is 5.15 Å². The van der Waals surface area contributed by atoms with Crippen LogP contribution in [-0.2, 0) is 16.1 Å². The third-order valence-corrected chi connectivity index (χ3v) is 7.35. The van der Waals surface area contributed by atoms with E-state index in [1.807, 2.05) is 6.07 Å². The molecule has 4 rings (SSSR count).